The van der Waals surface area contributed by atoms with Crippen LogP contribution < -0.4 is 5.32 Å². The average Bonchev–Trinajstić information content (AvgIpc) is 2.47. The zero-order valence-electron chi connectivity index (χ0n) is 7.97. The van der Waals surface area contributed by atoms with Crippen molar-refractivity contribution in [2.24, 2.45) is 0 Å². The molecule has 0 unspecified atom stereocenters. The van der Waals surface area contributed by atoms with Crippen LogP contribution in [-0.4, -0.2) is 12.5 Å². The van der Waals surface area contributed by atoms with Crippen molar-refractivity contribution in [1.82, 2.24) is 5.32 Å². The van der Waals surface area contributed by atoms with Crippen molar-refractivity contribution < 1.29 is 4.79 Å². The summed E-state index contributed by atoms with van der Waals surface area (Å²) in [6.45, 7) is 6.22. The van der Waals surface area contributed by atoms with Gasteiger partial charge in [-0.25, -0.2) is 0 Å². The maximum atomic E-state index is 11.5. The molecule has 76 valence electrons. The molecule has 0 bridgehead atoms. The van der Waals surface area contributed by atoms with Crippen LogP contribution in [0.2, 0.25) is 0 Å². The van der Waals surface area contributed by atoms with Crippen LogP contribution in [0.5, 0.6) is 0 Å². The molecule has 0 aliphatic rings. The van der Waals surface area contributed by atoms with Gasteiger partial charge in [-0.1, -0.05) is 6.08 Å². The Kier molecular flexibility index (Phi) is 4.35. The van der Waals surface area contributed by atoms with E-state index in [1.54, 1.807) is 6.08 Å². The number of rotatable bonds is 4. The summed E-state index contributed by atoms with van der Waals surface area (Å²) in [4.78, 5) is 12.3. The molecule has 2 nitrogen and oxygen atoms in total. The predicted molar refractivity (Wildman–Crippen MR) is 63.9 cm³/mol. The first-order valence-corrected chi connectivity index (χ1v) is 5.91. The third-order valence-corrected chi connectivity index (χ3v) is 3.85. The molecule has 1 rings (SSSR count). The molecule has 1 N–H and O–H groups in total. The summed E-state index contributed by atoms with van der Waals surface area (Å²) in [5, 5.41) is 2.82. The highest BCUT2D eigenvalue weighted by molar-refractivity contribution is 9.11. The first-order chi connectivity index (χ1) is 6.65. The zero-order valence-corrected chi connectivity index (χ0v) is 10.4. The van der Waals surface area contributed by atoms with Crippen LogP contribution in [0.25, 0.3) is 0 Å². The van der Waals surface area contributed by atoms with Gasteiger partial charge in [0.25, 0.3) is 5.91 Å². The van der Waals surface area contributed by atoms with Crippen LogP contribution >= 0.6 is 27.3 Å². The Bertz CT molecular complexity index is 326. The van der Waals surface area contributed by atoms with Crippen molar-refractivity contribution in [3.63, 3.8) is 0 Å². The lowest BCUT2D eigenvalue weighted by molar-refractivity contribution is 0.0958. The van der Waals surface area contributed by atoms with E-state index >= 15 is 0 Å². The van der Waals surface area contributed by atoms with Crippen molar-refractivity contribution in [1.29, 1.82) is 0 Å². The molecule has 0 saturated heterocycles. The molecule has 0 atom stereocenters. The molecule has 0 fully saturated rings. The van der Waals surface area contributed by atoms with Crippen molar-refractivity contribution in [2.45, 2.75) is 13.3 Å². The topological polar surface area (TPSA) is 29.1 Å². The van der Waals surface area contributed by atoms with Crippen LogP contribution in [0.15, 0.2) is 22.5 Å². The largest absolute Gasteiger partial charge is 0.351 e. The summed E-state index contributed by atoms with van der Waals surface area (Å²) >= 11 is 4.85. The SMILES string of the molecule is C=CCCNC(=O)c1cc(C)c(Br)s1. The van der Waals surface area contributed by atoms with Gasteiger partial charge in [-0.05, 0) is 40.9 Å². The summed E-state index contributed by atoms with van der Waals surface area (Å²) in [5.74, 6) is -0.00866. The highest BCUT2D eigenvalue weighted by Gasteiger charge is 2.09. The average molecular weight is 274 g/mol. The van der Waals surface area contributed by atoms with E-state index in [-0.39, 0.29) is 5.91 Å². The third-order valence-electron chi connectivity index (χ3n) is 1.72. The summed E-state index contributed by atoms with van der Waals surface area (Å²) in [7, 11) is 0. The standard InChI is InChI=1S/C10H12BrNOS/c1-3-4-5-12-10(13)8-6-7(2)9(11)14-8/h3,6H,1,4-5H2,2H3,(H,12,13). The second kappa shape index (κ2) is 5.32. The number of carbonyl (C=O) groups is 1. The molecule has 1 aromatic heterocycles. The lowest BCUT2D eigenvalue weighted by atomic mass is 10.3. The Morgan fingerprint density at radius 2 is 2.50 bits per heavy atom. The van der Waals surface area contributed by atoms with E-state index in [1.807, 2.05) is 13.0 Å². The van der Waals surface area contributed by atoms with E-state index in [0.29, 0.717) is 6.54 Å². The van der Waals surface area contributed by atoms with Gasteiger partial charge in [0.05, 0.1) is 8.66 Å². The summed E-state index contributed by atoms with van der Waals surface area (Å²) < 4.78 is 1.02. The van der Waals surface area contributed by atoms with Gasteiger partial charge in [0.15, 0.2) is 0 Å². The summed E-state index contributed by atoms with van der Waals surface area (Å²) in [6, 6.07) is 1.89. The second-order valence-electron chi connectivity index (χ2n) is 2.90. The molecule has 0 aliphatic carbocycles. The molecule has 0 aliphatic heterocycles. The van der Waals surface area contributed by atoms with Gasteiger partial charge in [-0.15, -0.1) is 17.9 Å². The van der Waals surface area contributed by atoms with Crippen LogP contribution in [0.3, 0.4) is 0 Å². The smallest absolute Gasteiger partial charge is 0.261 e. The van der Waals surface area contributed by atoms with Gasteiger partial charge in [0, 0.05) is 6.54 Å². The number of halogens is 1. The number of hydrogen-bond donors (Lipinski definition) is 1. The van der Waals surface area contributed by atoms with E-state index in [0.717, 1.165) is 20.6 Å². The molecule has 14 heavy (non-hydrogen) atoms. The highest BCUT2D eigenvalue weighted by Crippen LogP contribution is 2.27. The van der Waals surface area contributed by atoms with E-state index in [1.165, 1.54) is 11.3 Å². The fourth-order valence-electron chi connectivity index (χ4n) is 0.947. The quantitative estimate of drug-likeness (QED) is 0.663. The molecule has 0 radical (unpaired) electrons. The maximum Gasteiger partial charge on any atom is 0.261 e. The summed E-state index contributed by atoms with van der Waals surface area (Å²) in [6.07, 6.45) is 2.59. The van der Waals surface area contributed by atoms with E-state index in [9.17, 15) is 4.79 Å². The zero-order chi connectivity index (χ0) is 10.6. The minimum absolute atomic E-state index is 0.00866. The van der Waals surface area contributed by atoms with Crippen molar-refractivity contribution in [2.75, 3.05) is 6.54 Å². The van der Waals surface area contributed by atoms with Gasteiger partial charge in [-0.3, -0.25) is 4.79 Å². The number of thiophene rings is 1. The molecule has 1 amide bonds. The Morgan fingerprint density at radius 1 is 1.79 bits per heavy atom. The minimum Gasteiger partial charge on any atom is -0.351 e. The molecule has 0 spiro atoms. The van der Waals surface area contributed by atoms with Crippen LogP contribution in [-0.2, 0) is 0 Å². The van der Waals surface area contributed by atoms with Crippen LogP contribution in [0.4, 0.5) is 0 Å². The molecule has 1 heterocycles. The number of hydrogen-bond acceptors (Lipinski definition) is 2. The maximum absolute atomic E-state index is 11.5. The Labute approximate surface area is 96.2 Å². The van der Waals surface area contributed by atoms with E-state index in [4.69, 9.17) is 0 Å². The Hall–Kier alpha value is -0.610. The second-order valence-corrected chi connectivity index (χ2v) is 5.27. The lowest BCUT2D eigenvalue weighted by Gasteiger charge is -1.99. The predicted octanol–water partition coefficient (Wildman–Crippen LogP) is 3.12. The molecular formula is C10H12BrNOS. The van der Waals surface area contributed by atoms with Gasteiger partial charge in [-0.2, -0.15) is 0 Å². The fraction of sp³-hybridized carbons (Fsp3) is 0.300. The molecule has 0 saturated carbocycles. The van der Waals surface area contributed by atoms with E-state index < -0.39 is 0 Å². The molecule has 1 aromatic rings. The van der Waals surface area contributed by atoms with Crippen LogP contribution in [0.1, 0.15) is 21.7 Å². The first-order valence-electron chi connectivity index (χ1n) is 4.30. The number of carbonyl (C=O) groups excluding carboxylic acids is 1. The Morgan fingerprint density at radius 3 is 3.00 bits per heavy atom. The number of nitrogens with one attached hydrogen (secondary N) is 1. The van der Waals surface area contributed by atoms with Crippen LogP contribution in [0, 0.1) is 6.92 Å². The van der Waals surface area contributed by atoms with Gasteiger partial charge < -0.3 is 5.32 Å². The first kappa shape index (κ1) is 11.5. The molecular weight excluding hydrogens is 262 g/mol. The van der Waals surface area contributed by atoms with Gasteiger partial charge in [0.1, 0.15) is 0 Å². The summed E-state index contributed by atoms with van der Waals surface area (Å²) in [5.41, 5.74) is 1.10. The number of amides is 1. The minimum atomic E-state index is -0.00866. The van der Waals surface area contributed by atoms with Gasteiger partial charge in [0.2, 0.25) is 0 Å². The molecule has 4 heteroatoms. The lowest BCUT2D eigenvalue weighted by Crippen LogP contribution is -2.23. The Balaban J connectivity index is 2.56. The van der Waals surface area contributed by atoms with Crippen molar-refractivity contribution >= 4 is 33.2 Å². The monoisotopic (exact) mass is 273 g/mol. The number of aryl methyl sites for hydroxylation is 1. The van der Waals surface area contributed by atoms with Crippen molar-refractivity contribution in [3.05, 3.63) is 32.9 Å². The molecule has 0 aromatic carbocycles. The van der Waals surface area contributed by atoms with Gasteiger partial charge >= 0.3 is 0 Å². The highest BCUT2D eigenvalue weighted by atomic mass is 79.9. The normalized spacial score (nSPS) is 9.86. The fourth-order valence-corrected chi connectivity index (χ4v) is 2.40. The third kappa shape index (κ3) is 2.96. The van der Waals surface area contributed by atoms with E-state index in [2.05, 4.69) is 27.8 Å². The van der Waals surface area contributed by atoms with Crippen molar-refractivity contribution in [3.8, 4) is 0 Å².